The Hall–Kier alpha value is -1.51. The van der Waals surface area contributed by atoms with Crippen LogP contribution in [0.5, 0.6) is 0 Å². The first-order valence-corrected chi connectivity index (χ1v) is 6.31. The van der Waals surface area contributed by atoms with E-state index in [1.165, 1.54) is 19.3 Å². The smallest absolute Gasteiger partial charge is 0.253 e. The maximum Gasteiger partial charge on any atom is 0.253 e. The van der Waals surface area contributed by atoms with Crippen LogP contribution in [0, 0.1) is 12.8 Å². The van der Waals surface area contributed by atoms with Gasteiger partial charge in [-0.15, -0.1) is 0 Å². The van der Waals surface area contributed by atoms with Gasteiger partial charge in [0.15, 0.2) is 0 Å². The van der Waals surface area contributed by atoms with Crippen molar-refractivity contribution >= 4 is 11.6 Å². The van der Waals surface area contributed by atoms with E-state index in [-0.39, 0.29) is 5.91 Å². The van der Waals surface area contributed by atoms with Gasteiger partial charge in [0.1, 0.15) is 0 Å². The molecule has 17 heavy (non-hydrogen) atoms. The van der Waals surface area contributed by atoms with Gasteiger partial charge in [-0.05, 0) is 31.4 Å². The first-order valence-electron chi connectivity index (χ1n) is 6.31. The molecule has 1 fully saturated rings. The minimum Gasteiger partial charge on any atom is -0.398 e. The van der Waals surface area contributed by atoms with Crippen molar-refractivity contribution in [2.24, 2.45) is 5.92 Å². The third-order valence-corrected chi connectivity index (χ3v) is 3.52. The molecule has 2 rings (SSSR count). The molecular weight excluding hydrogens is 212 g/mol. The third-order valence-electron chi connectivity index (χ3n) is 3.52. The number of hydrogen-bond acceptors (Lipinski definition) is 2. The molecule has 0 atom stereocenters. The molecule has 0 unspecified atom stereocenters. The molecule has 92 valence electrons. The van der Waals surface area contributed by atoms with Crippen LogP contribution in [0.15, 0.2) is 18.2 Å². The standard InChI is InChI=1S/C14H20N2O/c1-10-5-6-13(15)12(9-10)14(17)16-8-7-11-3-2-4-11/h5-6,9,11H,2-4,7-8,15H2,1H3,(H,16,17). The van der Waals surface area contributed by atoms with Gasteiger partial charge < -0.3 is 11.1 Å². The Bertz CT molecular complexity index is 411. The van der Waals surface area contributed by atoms with Crippen molar-refractivity contribution in [3.8, 4) is 0 Å². The van der Waals surface area contributed by atoms with Crippen LogP contribution in [0.25, 0.3) is 0 Å². The Morgan fingerprint density at radius 3 is 2.88 bits per heavy atom. The summed E-state index contributed by atoms with van der Waals surface area (Å²) in [6.45, 7) is 2.72. The summed E-state index contributed by atoms with van der Waals surface area (Å²) < 4.78 is 0. The molecule has 1 saturated carbocycles. The van der Waals surface area contributed by atoms with Crippen LogP contribution in [-0.2, 0) is 0 Å². The summed E-state index contributed by atoms with van der Waals surface area (Å²) >= 11 is 0. The van der Waals surface area contributed by atoms with E-state index in [0.717, 1.165) is 24.4 Å². The molecule has 1 aliphatic carbocycles. The highest BCUT2D eigenvalue weighted by atomic mass is 16.1. The molecule has 3 heteroatoms. The monoisotopic (exact) mass is 232 g/mol. The fourth-order valence-electron chi connectivity index (χ4n) is 2.13. The van der Waals surface area contributed by atoms with Gasteiger partial charge in [-0.2, -0.15) is 0 Å². The molecule has 0 saturated heterocycles. The van der Waals surface area contributed by atoms with Gasteiger partial charge in [-0.25, -0.2) is 0 Å². The molecule has 1 amide bonds. The van der Waals surface area contributed by atoms with Gasteiger partial charge in [0.2, 0.25) is 0 Å². The normalized spacial score (nSPS) is 15.4. The second kappa shape index (κ2) is 5.21. The van der Waals surface area contributed by atoms with Crippen molar-refractivity contribution in [1.82, 2.24) is 5.32 Å². The second-order valence-corrected chi connectivity index (χ2v) is 4.93. The van der Waals surface area contributed by atoms with Crippen molar-refractivity contribution < 1.29 is 4.79 Å². The number of nitrogen functional groups attached to an aromatic ring is 1. The number of anilines is 1. The number of benzene rings is 1. The van der Waals surface area contributed by atoms with Crippen molar-refractivity contribution in [3.63, 3.8) is 0 Å². The Labute approximate surface area is 102 Å². The van der Waals surface area contributed by atoms with Crippen LogP contribution in [0.1, 0.15) is 41.6 Å². The zero-order valence-electron chi connectivity index (χ0n) is 10.3. The SMILES string of the molecule is Cc1ccc(N)c(C(=O)NCCC2CCC2)c1. The number of amides is 1. The van der Waals surface area contributed by atoms with E-state index in [1.807, 2.05) is 19.1 Å². The van der Waals surface area contributed by atoms with Crippen molar-refractivity contribution in [2.75, 3.05) is 12.3 Å². The predicted octanol–water partition coefficient (Wildman–Crippen LogP) is 2.50. The number of carbonyl (C=O) groups is 1. The van der Waals surface area contributed by atoms with Crippen LogP contribution in [0.2, 0.25) is 0 Å². The summed E-state index contributed by atoms with van der Waals surface area (Å²) in [6.07, 6.45) is 5.09. The lowest BCUT2D eigenvalue weighted by Crippen LogP contribution is -2.28. The molecule has 1 aliphatic rings. The predicted molar refractivity (Wildman–Crippen MR) is 69.9 cm³/mol. The van der Waals surface area contributed by atoms with Gasteiger partial charge >= 0.3 is 0 Å². The van der Waals surface area contributed by atoms with E-state index in [1.54, 1.807) is 6.07 Å². The van der Waals surface area contributed by atoms with Crippen LogP contribution in [0.4, 0.5) is 5.69 Å². The number of nitrogens with one attached hydrogen (secondary N) is 1. The highest BCUT2D eigenvalue weighted by Crippen LogP contribution is 2.28. The van der Waals surface area contributed by atoms with E-state index >= 15 is 0 Å². The van der Waals surface area contributed by atoms with Crippen LogP contribution < -0.4 is 11.1 Å². The van der Waals surface area contributed by atoms with Crippen molar-refractivity contribution in [1.29, 1.82) is 0 Å². The summed E-state index contributed by atoms with van der Waals surface area (Å²) in [4.78, 5) is 11.9. The second-order valence-electron chi connectivity index (χ2n) is 4.93. The lowest BCUT2D eigenvalue weighted by molar-refractivity contribution is 0.0950. The number of nitrogens with two attached hydrogens (primary N) is 1. The molecule has 1 aromatic rings. The Morgan fingerprint density at radius 1 is 1.47 bits per heavy atom. The lowest BCUT2D eigenvalue weighted by Gasteiger charge is -2.25. The van der Waals surface area contributed by atoms with Crippen molar-refractivity contribution in [3.05, 3.63) is 29.3 Å². The van der Waals surface area contributed by atoms with Crippen LogP contribution >= 0.6 is 0 Å². The molecular formula is C14H20N2O. The molecule has 0 spiro atoms. The molecule has 0 radical (unpaired) electrons. The first-order chi connectivity index (χ1) is 8.16. The van der Waals surface area contributed by atoms with Gasteiger partial charge in [-0.3, -0.25) is 4.79 Å². The Morgan fingerprint density at radius 2 is 2.24 bits per heavy atom. The average Bonchev–Trinajstić information content (AvgIpc) is 2.25. The van der Waals surface area contributed by atoms with E-state index in [9.17, 15) is 4.79 Å². The molecule has 1 aromatic carbocycles. The van der Waals surface area contributed by atoms with E-state index < -0.39 is 0 Å². The van der Waals surface area contributed by atoms with E-state index in [4.69, 9.17) is 5.73 Å². The largest absolute Gasteiger partial charge is 0.398 e. The lowest BCUT2D eigenvalue weighted by atomic mass is 9.83. The summed E-state index contributed by atoms with van der Waals surface area (Å²) in [5.74, 6) is 0.774. The highest BCUT2D eigenvalue weighted by Gasteiger charge is 2.17. The molecule has 0 bridgehead atoms. The minimum atomic E-state index is -0.0504. The fourth-order valence-corrected chi connectivity index (χ4v) is 2.13. The molecule has 3 nitrogen and oxygen atoms in total. The number of aryl methyl sites for hydroxylation is 1. The summed E-state index contributed by atoms with van der Waals surface area (Å²) in [5, 5.41) is 2.95. The van der Waals surface area contributed by atoms with Gasteiger partial charge in [0.25, 0.3) is 5.91 Å². The summed E-state index contributed by atoms with van der Waals surface area (Å²) in [6, 6.07) is 5.55. The number of hydrogen-bond donors (Lipinski definition) is 2. The summed E-state index contributed by atoms with van der Waals surface area (Å²) in [7, 11) is 0. The zero-order chi connectivity index (χ0) is 12.3. The fraction of sp³-hybridized carbons (Fsp3) is 0.500. The molecule has 3 N–H and O–H groups in total. The maximum absolute atomic E-state index is 11.9. The summed E-state index contributed by atoms with van der Waals surface area (Å²) in [5.41, 5.74) is 8.01. The number of rotatable bonds is 4. The van der Waals surface area contributed by atoms with Gasteiger partial charge in [0, 0.05) is 12.2 Å². The van der Waals surface area contributed by atoms with Gasteiger partial charge in [0.05, 0.1) is 5.56 Å². The quantitative estimate of drug-likeness (QED) is 0.784. The molecule has 0 aromatic heterocycles. The zero-order valence-corrected chi connectivity index (χ0v) is 10.3. The van der Waals surface area contributed by atoms with Crippen LogP contribution in [0.3, 0.4) is 0 Å². The van der Waals surface area contributed by atoms with E-state index in [2.05, 4.69) is 5.32 Å². The minimum absolute atomic E-state index is 0.0504. The Kier molecular flexibility index (Phi) is 3.67. The third kappa shape index (κ3) is 2.99. The maximum atomic E-state index is 11.9. The number of carbonyl (C=O) groups excluding carboxylic acids is 1. The Balaban J connectivity index is 1.87. The molecule has 0 heterocycles. The average molecular weight is 232 g/mol. The van der Waals surface area contributed by atoms with E-state index in [0.29, 0.717) is 11.3 Å². The van der Waals surface area contributed by atoms with Crippen LogP contribution in [-0.4, -0.2) is 12.5 Å². The van der Waals surface area contributed by atoms with Crippen molar-refractivity contribution in [2.45, 2.75) is 32.6 Å². The highest BCUT2D eigenvalue weighted by molar-refractivity contribution is 5.99. The molecule has 0 aliphatic heterocycles. The first kappa shape index (κ1) is 12.0. The van der Waals surface area contributed by atoms with Gasteiger partial charge in [-0.1, -0.05) is 30.9 Å². The topological polar surface area (TPSA) is 55.1 Å².